The van der Waals surface area contributed by atoms with Crippen molar-refractivity contribution in [2.24, 2.45) is 0 Å². The number of benzene rings is 3. The molecule has 4 aromatic rings. The number of aryl methyl sites for hydroxylation is 1. The van der Waals surface area contributed by atoms with Crippen LogP contribution in [0.2, 0.25) is 0 Å². The van der Waals surface area contributed by atoms with Gasteiger partial charge >= 0.3 is 0 Å². The number of nitriles is 1. The van der Waals surface area contributed by atoms with Gasteiger partial charge in [0.15, 0.2) is 0 Å². The minimum Gasteiger partial charge on any atom is -0.497 e. The van der Waals surface area contributed by atoms with Crippen LogP contribution in [0.25, 0.3) is 22.2 Å². The zero-order valence-corrected chi connectivity index (χ0v) is 20.4. The molecule has 4 rings (SSSR count). The average Bonchev–Trinajstić information content (AvgIpc) is 3.21. The fraction of sp³-hybridized carbons (Fsp3) is 0.276. The van der Waals surface area contributed by atoms with E-state index >= 15 is 0 Å². The highest BCUT2D eigenvalue weighted by Crippen LogP contribution is 2.36. The van der Waals surface area contributed by atoms with Crippen molar-refractivity contribution in [1.82, 2.24) is 9.88 Å². The Kier molecular flexibility index (Phi) is 8.39. The van der Waals surface area contributed by atoms with Gasteiger partial charge in [-0.2, -0.15) is 5.26 Å². The highest BCUT2D eigenvalue weighted by atomic mass is 16.5. The first-order chi connectivity index (χ1) is 17.2. The smallest absolute Gasteiger partial charge is 0.120 e. The van der Waals surface area contributed by atoms with Gasteiger partial charge in [-0.1, -0.05) is 49.4 Å². The van der Waals surface area contributed by atoms with E-state index in [9.17, 15) is 5.26 Å². The molecular weight excluding hydrogens is 436 g/mol. The summed E-state index contributed by atoms with van der Waals surface area (Å²) in [5.41, 5.74) is 5.96. The Labute approximate surface area is 210 Å². The predicted octanol–water partition coefficient (Wildman–Crippen LogP) is 6.27. The minimum absolute atomic E-state index is 0. The molecule has 1 aromatic heterocycles. The second-order valence-corrected chi connectivity index (χ2v) is 8.35. The lowest BCUT2D eigenvalue weighted by molar-refractivity contribution is 0.133. The monoisotopic (exact) mass is 472 g/mol. The molecule has 0 atom stereocenters. The van der Waals surface area contributed by atoms with E-state index in [1.807, 2.05) is 36.4 Å². The Morgan fingerprint density at radius 3 is 2.51 bits per heavy atom. The fourth-order valence-electron chi connectivity index (χ4n) is 4.28. The van der Waals surface area contributed by atoms with Crippen LogP contribution in [-0.4, -0.2) is 31.7 Å². The minimum atomic E-state index is 0. The maximum Gasteiger partial charge on any atom is 0.120 e. The van der Waals surface area contributed by atoms with Gasteiger partial charge in [-0.15, -0.1) is 0 Å². The van der Waals surface area contributed by atoms with E-state index in [1.54, 1.807) is 7.11 Å². The number of ether oxygens (including phenoxy) is 2. The van der Waals surface area contributed by atoms with E-state index in [2.05, 4.69) is 64.6 Å². The van der Waals surface area contributed by atoms with Crippen LogP contribution in [0.4, 0.5) is 5.69 Å². The van der Waals surface area contributed by atoms with Crippen LogP contribution in [0, 0.1) is 11.3 Å². The summed E-state index contributed by atoms with van der Waals surface area (Å²) in [6, 6.07) is 26.9. The summed E-state index contributed by atoms with van der Waals surface area (Å²) < 4.78 is 13.3. The number of methoxy groups -OCH3 is 1. The zero-order valence-electron chi connectivity index (χ0n) is 20.4. The standard InChI is InChI=1S/C29H32N4O2.2H2/c1-3-17-33-28-18-25(34-2)13-14-26(28)27(19-30)29(33)23-9-11-24(12-10-23)32-21-35-20-31-16-15-22-7-5-4-6-8-22;;/h4-14,18,31-32H,3,15-17,20-21H2,1-2H3;2*1H. The van der Waals surface area contributed by atoms with Crippen LogP contribution in [0.5, 0.6) is 5.75 Å². The Morgan fingerprint density at radius 1 is 1.00 bits per heavy atom. The van der Waals surface area contributed by atoms with Gasteiger partial charge in [0.25, 0.3) is 0 Å². The topological polar surface area (TPSA) is 71.2 Å². The number of rotatable bonds is 12. The van der Waals surface area contributed by atoms with Crippen molar-refractivity contribution in [2.45, 2.75) is 26.3 Å². The summed E-state index contributed by atoms with van der Waals surface area (Å²) in [5.74, 6) is 0.789. The molecule has 35 heavy (non-hydrogen) atoms. The number of anilines is 1. The van der Waals surface area contributed by atoms with Gasteiger partial charge in [-0.05, 0) is 48.2 Å². The van der Waals surface area contributed by atoms with Gasteiger partial charge in [-0.3, -0.25) is 5.32 Å². The van der Waals surface area contributed by atoms with Crippen LogP contribution in [-0.2, 0) is 17.7 Å². The molecule has 0 amide bonds. The quantitative estimate of drug-likeness (QED) is 0.188. The summed E-state index contributed by atoms with van der Waals surface area (Å²) in [6.45, 7) is 4.75. The first-order valence-electron chi connectivity index (χ1n) is 12.0. The van der Waals surface area contributed by atoms with Crippen LogP contribution in [0.1, 0.15) is 27.3 Å². The second kappa shape index (κ2) is 12.1. The lowest BCUT2D eigenvalue weighted by Crippen LogP contribution is -2.22. The number of fused-ring (bicyclic) bond motifs is 1. The molecule has 0 saturated heterocycles. The summed E-state index contributed by atoms with van der Waals surface area (Å²) in [4.78, 5) is 0. The molecule has 1 heterocycles. The third-order valence-electron chi connectivity index (χ3n) is 6.00. The Morgan fingerprint density at radius 2 is 1.80 bits per heavy atom. The first-order valence-corrected chi connectivity index (χ1v) is 12.0. The fourth-order valence-corrected chi connectivity index (χ4v) is 4.28. The zero-order chi connectivity index (χ0) is 24.5. The predicted molar refractivity (Wildman–Crippen MR) is 146 cm³/mol. The molecule has 0 fully saturated rings. The summed E-state index contributed by atoms with van der Waals surface area (Å²) in [5, 5.41) is 17.5. The van der Waals surface area contributed by atoms with E-state index in [4.69, 9.17) is 9.47 Å². The molecule has 0 aliphatic carbocycles. The SMILES string of the molecule is CCCn1c(-c2ccc(NCOCNCCc3ccccc3)cc2)c(C#N)c2ccc(OC)cc21.[HH].[HH]. The molecule has 6 heteroatoms. The van der Waals surface area contributed by atoms with Gasteiger partial charge in [0, 0.05) is 33.1 Å². The third kappa shape index (κ3) is 5.83. The van der Waals surface area contributed by atoms with Crippen molar-refractivity contribution in [1.29, 1.82) is 5.26 Å². The van der Waals surface area contributed by atoms with Crippen molar-refractivity contribution in [3.63, 3.8) is 0 Å². The van der Waals surface area contributed by atoms with E-state index in [-0.39, 0.29) is 2.85 Å². The molecule has 0 bridgehead atoms. The van der Waals surface area contributed by atoms with Crippen LogP contribution in [0.3, 0.4) is 0 Å². The van der Waals surface area contributed by atoms with Crippen LogP contribution >= 0.6 is 0 Å². The second-order valence-electron chi connectivity index (χ2n) is 8.35. The van der Waals surface area contributed by atoms with Crippen molar-refractivity contribution < 1.29 is 12.3 Å². The van der Waals surface area contributed by atoms with Crippen molar-refractivity contribution in [3.05, 3.63) is 83.9 Å². The number of hydrogen-bond acceptors (Lipinski definition) is 5. The first kappa shape index (κ1) is 24.3. The molecule has 0 aliphatic rings. The molecule has 0 radical (unpaired) electrons. The van der Waals surface area contributed by atoms with E-state index in [1.165, 1.54) is 5.56 Å². The van der Waals surface area contributed by atoms with Crippen molar-refractivity contribution >= 4 is 16.6 Å². The van der Waals surface area contributed by atoms with Crippen molar-refractivity contribution in [3.8, 4) is 23.1 Å². The van der Waals surface area contributed by atoms with Gasteiger partial charge in [0.2, 0.25) is 0 Å². The largest absolute Gasteiger partial charge is 0.497 e. The Hall–Kier alpha value is -3.79. The molecule has 184 valence electrons. The number of nitrogens with zero attached hydrogens (tertiary/aromatic N) is 2. The molecule has 6 nitrogen and oxygen atoms in total. The van der Waals surface area contributed by atoms with E-state index < -0.39 is 0 Å². The summed E-state index contributed by atoms with van der Waals surface area (Å²) in [6.07, 6.45) is 1.94. The Bertz CT molecular complexity index is 1290. The molecule has 0 aliphatic heterocycles. The van der Waals surface area contributed by atoms with Gasteiger partial charge in [-0.25, -0.2) is 0 Å². The van der Waals surface area contributed by atoms with Gasteiger partial charge in [0.1, 0.15) is 18.5 Å². The number of nitrogens with one attached hydrogen (secondary N) is 2. The summed E-state index contributed by atoms with van der Waals surface area (Å²) in [7, 11) is 1.66. The average molecular weight is 473 g/mol. The third-order valence-corrected chi connectivity index (χ3v) is 6.00. The van der Waals surface area contributed by atoms with E-state index in [0.29, 0.717) is 19.0 Å². The number of hydrogen-bond donors (Lipinski definition) is 2. The Balaban J connectivity index is 0.00000241. The molecule has 0 saturated carbocycles. The summed E-state index contributed by atoms with van der Waals surface area (Å²) >= 11 is 0. The normalized spacial score (nSPS) is 10.9. The van der Waals surface area contributed by atoms with Gasteiger partial charge < -0.3 is 19.4 Å². The molecular formula is C29H36N4O2. The van der Waals surface area contributed by atoms with E-state index in [0.717, 1.165) is 59.5 Å². The maximum absolute atomic E-state index is 9.98. The van der Waals surface area contributed by atoms with Gasteiger partial charge in [0.05, 0.1) is 30.6 Å². The maximum atomic E-state index is 9.98. The van der Waals surface area contributed by atoms with Crippen molar-refractivity contribution in [2.75, 3.05) is 32.4 Å². The molecule has 3 aromatic carbocycles. The molecule has 2 N–H and O–H groups in total. The lowest BCUT2D eigenvalue weighted by Gasteiger charge is -2.12. The highest BCUT2D eigenvalue weighted by molar-refractivity contribution is 5.95. The lowest BCUT2D eigenvalue weighted by atomic mass is 10.1. The van der Waals surface area contributed by atoms with Crippen LogP contribution < -0.4 is 15.4 Å². The molecule has 0 spiro atoms. The highest BCUT2D eigenvalue weighted by Gasteiger charge is 2.19. The number of aromatic nitrogens is 1. The van der Waals surface area contributed by atoms with Crippen LogP contribution in [0.15, 0.2) is 72.8 Å². The molecule has 0 unspecified atom stereocenters.